The number of aliphatic hydroxyl groups is 1. The zero-order chi connectivity index (χ0) is 12.6. The van der Waals surface area contributed by atoms with Crippen LogP contribution in [0.2, 0.25) is 0 Å². The third kappa shape index (κ3) is 2.02. The van der Waals surface area contributed by atoms with Crippen LogP contribution in [-0.4, -0.2) is 36.4 Å². The largest absolute Gasteiger partial charge is 0.386 e. The van der Waals surface area contributed by atoms with Gasteiger partial charge in [-0.3, -0.25) is 4.79 Å². The lowest BCUT2D eigenvalue weighted by atomic mass is 9.77. The smallest absolute Gasteiger partial charge is 0.227 e. The van der Waals surface area contributed by atoms with Gasteiger partial charge in [0.15, 0.2) is 0 Å². The van der Waals surface area contributed by atoms with Gasteiger partial charge in [-0.2, -0.15) is 0 Å². The molecule has 1 amide bonds. The van der Waals surface area contributed by atoms with Gasteiger partial charge in [-0.1, -0.05) is 24.3 Å². The molecule has 2 N–H and O–H groups in total. The maximum atomic E-state index is 12.0. The molecule has 4 heteroatoms. The molecule has 2 unspecified atom stereocenters. The SMILES string of the molecule is O=C(NCC1(O)CCOC1)C1Cc2ccccc21. The summed E-state index contributed by atoms with van der Waals surface area (Å²) in [5.41, 5.74) is 1.49. The van der Waals surface area contributed by atoms with Crippen LogP contribution < -0.4 is 5.32 Å². The van der Waals surface area contributed by atoms with E-state index in [1.54, 1.807) is 0 Å². The van der Waals surface area contributed by atoms with Crippen LogP contribution in [0.1, 0.15) is 23.5 Å². The Balaban J connectivity index is 1.58. The van der Waals surface area contributed by atoms with Crippen molar-refractivity contribution in [3.8, 4) is 0 Å². The first-order chi connectivity index (χ1) is 8.68. The topological polar surface area (TPSA) is 58.6 Å². The average molecular weight is 247 g/mol. The normalized spacial score (nSPS) is 29.5. The van der Waals surface area contributed by atoms with E-state index in [-0.39, 0.29) is 18.4 Å². The standard InChI is InChI=1S/C14H17NO3/c16-13(15-8-14(17)5-6-18-9-14)12-7-10-3-1-2-4-11(10)12/h1-4,12,17H,5-9H2,(H,15,16). The van der Waals surface area contributed by atoms with Gasteiger partial charge in [0.2, 0.25) is 5.91 Å². The monoisotopic (exact) mass is 247 g/mol. The van der Waals surface area contributed by atoms with Crippen LogP contribution in [0, 0.1) is 0 Å². The van der Waals surface area contributed by atoms with Crippen molar-refractivity contribution < 1.29 is 14.6 Å². The van der Waals surface area contributed by atoms with E-state index < -0.39 is 5.60 Å². The van der Waals surface area contributed by atoms with Gasteiger partial charge in [0.25, 0.3) is 0 Å². The van der Waals surface area contributed by atoms with Crippen molar-refractivity contribution in [2.45, 2.75) is 24.4 Å². The second-order valence-corrected chi connectivity index (χ2v) is 5.20. The molecule has 1 aliphatic carbocycles. The molecule has 0 saturated carbocycles. The van der Waals surface area contributed by atoms with E-state index in [1.165, 1.54) is 5.56 Å². The average Bonchev–Trinajstić information content (AvgIpc) is 2.76. The first kappa shape index (κ1) is 11.7. The lowest BCUT2D eigenvalue weighted by Gasteiger charge is -2.30. The highest BCUT2D eigenvalue weighted by Gasteiger charge is 2.36. The molecule has 1 saturated heterocycles. The lowest BCUT2D eigenvalue weighted by Crippen LogP contribution is -2.46. The van der Waals surface area contributed by atoms with E-state index in [4.69, 9.17) is 4.74 Å². The molecule has 0 spiro atoms. The fraction of sp³-hybridized carbons (Fsp3) is 0.500. The summed E-state index contributed by atoms with van der Waals surface area (Å²) < 4.78 is 5.15. The van der Waals surface area contributed by atoms with Crippen molar-refractivity contribution in [3.05, 3.63) is 35.4 Å². The second kappa shape index (κ2) is 4.37. The molecule has 0 bridgehead atoms. The number of ether oxygens (including phenoxy) is 1. The number of hydrogen-bond acceptors (Lipinski definition) is 3. The number of carbonyl (C=O) groups is 1. The third-order valence-corrected chi connectivity index (χ3v) is 3.85. The number of rotatable bonds is 3. The molecule has 18 heavy (non-hydrogen) atoms. The Hall–Kier alpha value is -1.39. The van der Waals surface area contributed by atoms with Crippen molar-refractivity contribution in [2.75, 3.05) is 19.8 Å². The Morgan fingerprint density at radius 3 is 3.06 bits per heavy atom. The number of hydrogen-bond donors (Lipinski definition) is 2. The van der Waals surface area contributed by atoms with Gasteiger partial charge >= 0.3 is 0 Å². The fourth-order valence-corrected chi connectivity index (χ4v) is 2.60. The number of nitrogens with one attached hydrogen (secondary N) is 1. The molecule has 1 fully saturated rings. The predicted octanol–water partition coefficient (Wildman–Crippen LogP) is 0.594. The van der Waals surface area contributed by atoms with Crippen LogP contribution in [0.4, 0.5) is 0 Å². The molecule has 0 radical (unpaired) electrons. The van der Waals surface area contributed by atoms with Crippen LogP contribution in [0.5, 0.6) is 0 Å². The van der Waals surface area contributed by atoms with Crippen LogP contribution in [-0.2, 0) is 16.0 Å². The summed E-state index contributed by atoms with van der Waals surface area (Å²) in [5, 5.41) is 12.9. The second-order valence-electron chi connectivity index (χ2n) is 5.20. The van der Waals surface area contributed by atoms with Crippen molar-refractivity contribution in [3.63, 3.8) is 0 Å². The molecule has 0 aromatic heterocycles. The van der Waals surface area contributed by atoms with Gasteiger partial charge in [0.05, 0.1) is 12.5 Å². The zero-order valence-electron chi connectivity index (χ0n) is 10.2. The van der Waals surface area contributed by atoms with Crippen molar-refractivity contribution in [1.29, 1.82) is 0 Å². The minimum absolute atomic E-state index is 0.00836. The Labute approximate surface area is 106 Å². The Bertz CT molecular complexity index is 466. The van der Waals surface area contributed by atoms with Crippen molar-refractivity contribution in [1.82, 2.24) is 5.32 Å². The maximum Gasteiger partial charge on any atom is 0.227 e. The van der Waals surface area contributed by atoms with Gasteiger partial charge in [-0.25, -0.2) is 0 Å². The number of carbonyl (C=O) groups excluding carboxylic acids is 1. The molecule has 4 nitrogen and oxygen atoms in total. The Morgan fingerprint density at radius 2 is 2.33 bits per heavy atom. The number of fused-ring (bicyclic) bond motifs is 1. The Morgan fingerprint density at radius 1 is 1.50 bits per heavy atom. The minimum atomic E-state index is -0.876. The highest BCUT2D eigenvalue weighted by atomic mass is 16.5. The first-order valence-electron chi connectivity index (χ1n) is 6.34. The van der Waals surface area contributed by atoms with E-state index in [2.05, 4.69) is 11.4 Å². The molecule has 96 valence electrons. The summed E-state index contributed by atoms with van der Waals surface area (Å²) in [6.45, 7) is 1.16. The summed E-state index contributed by atoms with van der Waals surface area (Å²) >= 11 is 0. The van der Waals surface area contributed by atoms with Crippen molar-refractivity contribution in [2.24, 2.45) is 0 Å². The zero-order valence-corrected chi connectivity index (χ0v) is 10.2. The summed E-state index contributed by atoms with van der Waals surface area (Å²) in [6.07, 6.45) is 1.39. The van der Waals surface area contributed by atoms with E-state index in [1.807, 2.05) is 18.2 Å². The van der Waals surface area contributed by atoms with Gasteiger partial charge in [0.1, 0.15) is 5.60 Å². The molecule has 3 rings (SSSR count). The van der Waals surface area contributed by atoms with Gasteiger partial charge in [-0.05, 0) is 17.5 Å². The van der Waals surface area contributed by atoms with Crippen LogP contribution in [0.15, 0.2) is 24.3 Å². The van der Waals surface area contributed by atoms with Gasteiger partial charge in [0, 0.05) is 19.6 Å². The maximum absolute atomic E-state index is 12.0. The summed E-state index contributed by atoms with van der Waals surface area (Å²) in [6, 6.07) is 8.00. The molecule has 1 aliphatic heterocycles. The Kier molecular flexibility index (Phi) is 2.84. The van der Waals surface area contributed by atoms with Crippen LogP contribution in [0.3, 0.4) is 0 Å². The van der Waals surface area contributed by atoms with Gasteiger partial charge < -0.3 is 15.2 Å². The molecule has 1 heterocycles. The van der Waals surface area contributed by atoms with E-state index in [0.29, 0.717) is 19.6 Å². The summed E-state index contributed by atoms with van der Waals surface area (Å²) in [4.78, 5) is 12.0. The summed E-state index contributed by atoms with van der Waals surface area (Å²) in [5.74, 6) is -0.0406. The first-order valence-corrected chi connectivity index (χ1v) is 6.34. The molecule has 1 aromatic rings. The van der Waals surface area contributed by atoms with E-state index in [9.17, 15) is 9.90 Å². The highest BCUT2D eigenvalue weighted by Crippen LogP contribution is 2.34. The lowest BCUT2D eigenvalue weighted by molar-refractivity contribution is -0.124. The number of benzene rings is 1. The van der Waals surface area contributed by atoms with Crippen LogP contribution in [0.25, 0.3) is 0 Å². The van der Waals surface area contributed by atoms with E-state index >= 15 is 0 Å². The third-order valence-electron chi connectivity index (χ3n) is 3.85. The predicted molar refractivity (Wildman–Crippen MR) is 66.3 cm³/mol. The molecule has 2 atom stereocenters. The van der Waals surface area contributed by atoms with Crippen LogP contribution >= 0.6 is 0 Å². The molecular formula is C14H17NO3. The quantitative estimate of drug-likeness (QED) is 0.822. The molecule has 1 aromatic carbocycles. The molecule has 2 aliphatic rings. The fourth-order valence-electron chi connectivity index (χ4n) is 2.60. The summed E-state index contributed by atoms with van der Waals surface area (Å²) in [7, 11) is 0. The minimum Gasteiger partial charge on any atom is -0.386 e. The van der Waals surface area contributed by atoms with Crippen molar-refractivity contribution >= 4 is 5.91 Å². The molecular weight excluding hydrogens is 230 g/mol. The van der Waals surface area contributed by atoms with E-state index in [0.717, 1.165) is 12.0 Å². The highest BCUT2D eigenvalue weighted by molar-refractivity contribution is 5.86. The number of amides is 1. The van der Waals surface area contributed by atoms with Gasteiger partial charge in [-0.15, -0.1) is 0 Å².